The van der Waals surface area contributed by atoms with Crippen LogP contribution in [0.4, 0.5) is 0 Å². The Morgan fingerprint density at radius 3 is 2.39 bits per heavy atom. The van der Waals surface area contributed by atoms with Gasteiger partial charge in [0, 0.05) is 44.8 Å². The van der Waals surface area contributed by atoms with Crippen LogP contribution in [0.1, 0.15) is 18.4 Å². The number of likely N-dealkylation sites (tertiary alicyclic amines) is 1. The second kappa shape index (κ2) is 10.6. The van der Waals surface area contributed by atoms with Crippen molar-refractivity contribution in [3.8, 4) is 5.75 Å². The van der Waals surface area contributed by atoms with Crippen LogP contribution in [0.5, 0.6) is 5.75 Å². The van der Waals surface area contributed by atoms with Crippen LogP contribution in [0.3, 0.4) is 0 Å². The van der Waals surface area contributed by atoms with E-state index in [2.05, 4.69) is 28.3 Å². The fourth-order valence-corrected chi connectivity index (χ4v) is 3.62. The van der Waals surface area contributed by atoms with Gasteiger partial charge in [0.1, 0.15) is 12.4 Å². The average Bonchev–Trinajstić information content (AvgIpc) is 3.22. The minimum atomic E-state index is 0.00451. The van der Waals surface area contributed by atoms with E-state index in [9.17, 15) is 4.79 Å². The summed E-state index contributed by atoms with van der Waals surface area (Å²) in [4.78, 5) is 19.4. The monoisotopic (exact) mass is 383 g/mol. The molecule has 2 aliphatic rings. The van der Waals surface area contributed by atoms with E-state index in [4.69, 9.17) is 4.74 Å². The number of carbonyl (C=O) groups excluding carboxylic acids is 1. The number of likely N-dealkylation sites (N-methyl/N-ethyl adjacent to an activating group) is 1. The normalized spacial score (nSPS) is 19.3. The summed E-state index contributed by atoms with van der Waals surface area (Å²) in [7, 11) is 2.13. The Bertz CT molecular complexity index is 670. The molecule has 3 rings (SSSR count). The van der Waals surface area contributed by atoms with Gasteiger partial charge in [-0.25, -0.2) is 0 Å². The van der Waals surface area contributed by atoms with Gasteiger partial charge in [-0.2, -0.15) is 0 Å². The van der Waals surface area contributed by atoms with E-state index in [-0.39, 0.29) is 5.78 Å². The molecule has 0 amide bonds. The predicted molar refractivity (Wildman–Crippen MR) is 115 cm³/mol. The van der Waals surface area contributed by atoms with Crippen LogP contribution in [0.2, 0.25) is 0 Å². The lowest BCUT2D eigenvalue weighted by molar-refractivity contribution is -0.111. The van der Waals surface area contributed by atoms with Gasteiger partial charge in [-0.1, -0.05) is 24.8 Å². The average molecular weight is 384 g/mol. The van der Waals surface area contributed by atoms with Crippen molar-refractivity contribution < 1.29 is 9.53 Å². The van der Waals surface area contributed by atoms with Crippen LogP contribution in [-0.4, -0.2) is 86.5 Å². The smallest absolute Gasteiger partial charge is 0.182 e. The maximum Gasteiger partial charge on any atom is 0.182 e. The summed E-state index contributed by atoms with van der Waals surface area (Å²) in [5, 5.41) is 0. The molecule has 28 heavy (non-hydrogen) atoms. The van der Waals surface area contributed by atoms with Gasteiger partial charge in [-0.15, -0.1) is 0 Å². The number of allylic oxidation sites excluding steroid dienone is 1. The molecule has 0 radical (unpaired) electrons. The van der Waals surface area contributed by atoms with Gasteiger partial charge < -0.3 is 9.64 Å². The van der Waals surface area contributed by atoms with Gasteiger partial charge in [-0.05, 0) is 56.8 Å². The maximum atomic E-state index is 12.3. The van der Waals surface area contributed by atoms with E-state index in [1.54, 1.807) is 6.08 Å². The maximum absolute atomic E-state index is 12.3. The standard InChI is InChI=1S/C23H33N3O2/c1-20(19-26-15-13-24(2)14-16-26)23(27)10-7-21-5-8-22(9-6-21)28-18-17-25-11-3-4-12-25/h5-10H,1,3-4,11-19H2,2H3/b10-7+. The van der Waals surface area contributed by atoms with E-state index >= 15 is 0 Å². The third-order valence-electron chi connectivity index (χ3n) is 5.54. The van der Waals surface area contributed by atoms with Crippen LogP contribution in [-0.2, 0) is 4.79 Å². The zero-order valence-electron chi connectivity index (χ0n) is 17.1. The second-order valence-electron chi connectivity index (χ2n) is 7.85. The molecule has 5 nitrogen and oxygen atoms in total. The molecule has 2 aliphatic heterocycles. The number of rotatable bonds is 9. The molecule has 0 N–H and O–H groups in total. The highest BCUT2D eigenvalue weighted by Crippen LogP contribution is 2.14. The number of carbonyl (C=O) groups is 1. The summed E-state index contributed by atoms with van der Waals surface area (Å²) < 4.78 is 5.82. The van der Waals surface area contributed by atoms with E-state index in [1.165, 1.54) is 25.9 Å². The highest BCUT2D eigenvalue weighted by molar-refractivity contribution is 6.06. The largest absolute Gasteiger partial charge is 0.492 e. The second-order valence-corrected chi connectivity index (χ2v) is 7.85. The number of nitrogens with zero attached hydrogens (tertiary/aromatic N) is 3. The zero-order valence-corrected chi connectivity index (χ0v) is 17.1. The Hall–Kier alpha value is -1.95. The Morgan fingerprint density at radius 1 is 1.04 bits per heavy atom. The summed E-state index contributed by atoms with van der Waals surface area (Å²) in [5.41, 5.74) is 1.65. The van der Waals surface area contributed by atoms with Crippen molar-refractivity contribution in [2.24, 2.45) is 0 Å². The molecule has 5 heteroatoms. The Morgan fingerprint density at radius 2 is 1.71 bits per heavy atom. The minimum absolute atomic E-state index is 0.00451. The van der Waals surface area contributed by atoms with Crippen LogP contribution >= 0.6 is 0 Å². The lowest BCUT2D eigenvalue weighted by Gasteiger charge is -2.32. The fraction of sp³-hybridized carbons (Fsp3) is 0.522. The van der Waals surface area contributed by atoms with Gasteiger partial charge in [0.25, 0.3) is 0 Å². The van der Waals surface area contributed by atoms with Gasteiger partial charge in [0.2, 0.25) is 0 Å². The van der Waals surface area contributed by atoms with Gasteiger partial charge in [-0.3, -0.25) is 14.6 Å². The first kappa shape index (κ1) is 20.8. The van der Waals surface area contributed by atoms with Crippen LogP contribution in [0.25, 0.3) is 6.08 Å². The van der Waals surface area contributed by atoms with Crippen molar-refractivity contribution >= 4 is 11.9 Å². The number of benzene rings is 1. The topological polar surface area (TPSA) is 36.0 Å². The molecule has 0 bridgehead atoms. The molecule has 0 aromatic heterocycles. The number of hydrogen-bond donors (Lipinski definition) is 0. The molecule has 0 atom stereocenters. The first-order chi connectivity index (χ1) is 13.6. The Labute approximate surface area is 169 Å². The lowest BCUT2D eigenvalue weighted by atomic mass is 10.1. The summed E-state index contributed by atoms with van der Waals surface area (Å²) in [6.07, 6.45) is 6.09. The van der Waals surface area contributed by atoms with E-state index in [0.717, 1.165) is 50.6 Å². The lowest BCUT2D eigenvalue weighted by Crippen LogP contribution is -2.45. The highest BCUT2D eigenvalue weighted by atomic mass is 16.5. The molecular formula is C23H33N3O2. The van der Waals surface area contributed by atoms with Crippen molar-refractivity contribution in [2.75, 3.05) is 66.0 Å². The van der Waals surface area contributed by atoms with Crippen molar-refractivity contribution in [3.05, 3.63) is 48.1 Å². The first-order valence-electron chi connectivity index (χ1n) is 10.4. The van der Waals surface area contributed by atoms with Crippen molar-refractivity contribution in [1.82, 2.24) is 14.7 Å². The summed E-state index contributed by atoms with van der Waals surface area (Å²) in [5.74, 6) is 0.881. The summed E-state index contributed by atoms with van der Waals surface area (Å²) >= 11 is 0. The molecule has 1 aromatic carbocycles. The third kappa shape index (κ3) is 6.59. The van der Waals surface area contributed by atoms with Crippen LogP contribution in [0.15, 0.2) is 42.5 Å². The fourth-order valence-electron chi connectivity index (χ4n) is 3.62. The molecule has 0 spiro atoms. The van der Waals surface area contributed by atoms with E-state index < -0.39 is 0 Å². The molecule has 152 valence electrons. The molecule has 2 fully saturated rings. The van der Waals surface area contributed by atoms with Crippen molar-refractivity contribution in [2.45, 2.75) is 12.8 Å². The molecule has 1 aromatic rings. The molecular weight excluding hydrogens is 350 g/mol. The van der Waals surface area contributed by atoms with Crippen LogP contribution in [0, 0.1) is 0 Å². The van der Waals surface area contributed by atoms with Gasteiger partial charge in [0.15, 0.2) is 5.78 Å². The van der Waals surface area contributed by atoms with E-state index in [0.29, 0.717) is 12.1 Å². The third-order valence-corrected chi connectivity index (χ3v) is 5.54. The Balaban J connectivity index is 1.40. The summed E-state index contributed by atoms with van der Waals surface area (Å²) in [6.45, 7) is 12.8. The molecule has 0 unspecified atom stereocenters. The van der Waals surface area contributed by atoms with Crippen LogP contribution < -0.4 is 4.74 Å². The molecule has 2 heterocycles. The highest BCUT2D eigenvalue weighted by Gasteiger charge is 2.16. The Kier molecular flexibility index (Phi) is 7.83. The van der Waals surface area contributed by atoms with Crippen molar-refractivity contribution in [3.63, 3.8) is 0 Å². The number of hydrogen-bond acceptors (Lipinski definition) is 5. The molecule has 2 saturated heterocycles. The predicted octanol–water partition coefficient (Wildman–Crippen LogP) is 2.55. The quantitative estimate of drug-likeness (QED) is 0.613. The minimum Gasteiger partial charge on any atom is -0.492 e. The zero-order chi connectivity index (χ0) is 19.8. The number of ketones is 1. The first-order valence-corrected chi connectivity index (χ1v) is 10.4. The SMILES string of the molecule is C=C(CN1CCN(C)CC1)C(=O)/C=C/c1ccc(OCCN2CCCC2)cc1. The molecule has 0 aliphatic carbocycles. The number of piperazine rings is 1. The number of ether oxygens (including phenoxy) is 1. The van der Waals surface area contributed by atoms with E-state index in [1.807, 2.05) is 30.3 Å². The van der Waals surface area contributed by atoms with Crippen molar-refractivity contribution in [1.29, 1.82) is 0 Å². The summed E-state index contributed by atoms with van der Waals surface area (Å²) in [6, 6.07) is 7.90. The molecule has 0 saturated carbocycles. The van der Waals surface area contributed by atoms with Gasteiger partial charge in [0.05, 0.1) is 0 Å². The van der Waals surface area contributed by atoms with Gasteiger partial charge >= 0.3 is 0 Å².